The number of ether oxygens (including phenoxy) is 10. The second-order valence-corrected chi connectivity index (χ2v) is 23.8. The Labute approximate surface area is 578 Å². The summed E-state index contributed by atoms with van der Waals surface area (Å²) in [5, 5.41) is 21.6. The number of nitrogens with two attached hydrogens (primary N) is 2. The summed E-state index contributed by atoms with van der Waals surface area (Å²) in [6.45, 7) is 13.3. The van der Waals surface area contributed by atoms with Gasteiger partial charge in [0.25, 0.3) is 11.8 Å². The van der Waals surface area contributed by atoms with Gasteiger partial charge in [0.2, 0.25) is 35.4 Å². The predicted molar refractivity (Wildman–Crippen MR) is 367 cm³/mol. The van der Waals surface area contributed by atoms with E-state index in [2.05, 4.69) is 40.5 Å². The maximum absolute atomic E-state index is 13.0. The summed E-state index contributed by atoms with van der Waals surface area (Å²) in [6.07, 6.45) is 30.5. The van der Waals surface area contributed by atoms with Crippen LogP contribution in [0.3, 0.4) is 0 Å². The summed E-state index contributed by atoms with van der Waals surface area (Å²) in [6, 6.07) is -3.43. The van der Waals surface area contributed by atoms with Crippen molar-refractivity contribution in [2.24, 2.45) is 11.5 Å². The smallest absolute Gasteiger partial charge is 0.405 e. The van der Waals surface area contributed by atoms with Gasteiger partial charge >= 0.3 is 6.09 Å². The number of amides is 9. The molecule has 29 heteroatoms. The summed E-state index contributed by atoms with van der Waals surface area (Å²) in [7, 11) is 0. The van der Waals surface area contributed by atoms with Gasteiger partial charge < -0.3 is 90.5 Å². The Hall–Kier alpha value is -5.63. The van der Waals surface area contributed by atoms with E-state index in [1.165, 1.54) is 142 Å². The average Bonchev–Trinajstić information content (AvgIpc) is 1.16. The van der Waals surface area contributed by atoms with E-state index in [0.29, 0.717) is 97.5 Å². The van der Waals surface area contributed by atoms with Gasteiger partial charge in [-0.3, -0.25) is 43.8 Å². The van der Waals surface area contributed by atoms with Crippen molar-refractivity contribution >= 4 is 53.4 Å². The molecule has 564 valence electrons. The molecule has 0 radical (unpaired) electrons. The van der Waals surface area contributed by atoms with Gasteiger partial charge in [-0.15, -0.1) is 0 Å². The van der Waals surface area contributed by atoms with E-state index in [1.807, 2.05) is 5.32 Å². The Morgan fingerprint density at radius 1 is 0.433 bits per heavy atom. The molecule has 0 aromatic rings. The van der Waals surface area contributed by atoms with Crippen LogP contribution >= 0.6 is 0 Å². The van der Waals surface area contributed by atoms with Crippen molar-refractivity contribution in [1.29, 1.82) is 0 Å². The quantitative estimate of drug-likeness (QED) is 0.0210. The highest BCUT2D eigenvalue weighted by atomic mass is 16.6. The van der Waals surface area contributed by atoms with Crippen molar-refractivity contribution in [3.8, 4) is 0 Å². The Bertz CT molecular complexity index is 2050. The molecule has 0 aliphatic rings. The lowest BCUT2D eigenvalue weighted by molar-refractivity contribution is -0.142. The topological polar surface area (TPSA) is 394 Å². The highest BCUT2D eigenvalue weighted by molar-refractivity contribution is 5.99. The third-order valence-electron chi connectivity index (χ3n) is 15.0. The van der Waals surface area contributed by atoms with Crippen molar-refractivity contribution in [3.63, 3.8) is 0 Å². The minimum Gasteiger partial charge on any atom is -0.465 e. The van der Waals surface area contributed by atoms with Crippen LogP contribution in [-0.2, 0) is 85.7 Å². The zero-order valence-electron chi connectivity index (χ0n) is 59.4. The van der Waals surface area contributed by atoms with Gasteiger partial charge in [0.05, 0.1) is 118 Å². The molecule has 0 saturated heterocycles. The fraction of sp³-hybridized carbons (Fsp3) is 0.838. The molecule has 0 aliphatic carbocycles. The fourth-order valence-electron chi connectivity index (χ4n) is 9.32. The summed E-state index contributed by atoms with van der Waals surface area (Å²) in [5.41, 5.74) is 12.9. The van der Waals surface area contributed by atoms with Crippen LogP contribution in [0.1, 0.15) is 201 Å². The second-order valence-electron chi connectivity index (χ2n) is 23.8. The van der Waals surface area contributed by atoms with Gasteiger partial charge in [-0.2, -0.15) is 0 Å². The maximum atomic E-state index is 13.0. The van der Waals surface area contributed by atoms with Crippen molar-refractivity contribution in [2.75, 3.05) is 145 Å². The normalized spacial score (nSPS) is 12.6. The largest absolute Gasteiger partial charge is 0.465 e. The number of unbranched alkanes of at least 4 members (excludes halogenated alkanes) is 22. The number of nitrogens with zero attached hydrogens (tertiary/aromatic N) is 1. The molecule has 0 fully saturated rings. The standard InChI is InChI=1S/C68H127N9O20/c1-5-7-9-11-13-15-17-19-21-23-25-27-35-96-55-58(97-36-28-26-24-22-20-18-16-14-12-10-8-6-2)53-72-62(80)30-29-59(65(70)83)75-63(81)33-37-88-39-41-90-43-45-92-47-49-94-51-52-95-50-48-93-46-44-91-42-40-89-38-34-71-61(79)31-32-64(82)77(54-60(69)78)76-67(85)57(4)73-66(84)56(3)74-68(86)87/h31-32,56-59,74H,5-30,33-55H2,1-4H3,(H2,69,78)(H2,70,83)(H,71,79)(H,72,80)(H,73,84)(H,75,81)(H,76,85)(H,86,87)/b32-31+/t56-,57-,58?,59-/m0/s1. The molecule has 11 N–H and O–H groups in total. The molecular formula is C68H127N9O20. The van der Waals surface area contributed by atoms with Crippen molar-refractivity contribution in [2.45, 2.75) is 225 Å². The average molecular weight is 1390 g/mol. The first-order valence-corrected chi connectivity index (χ1v) is 35.8. The van der Waals surface area contributed by atoms with E-state index in [4.69, 9.17) is 63.9 Å². The molecule has 0 bridgehead atoms. The number of hydrogen-bond acceptors (Lipinski definition) is 19. The van der Waals surface area contributed by atoms with Gasteiger partial charge in [0.15, 0.2) is 0 Å². The van der Waals surface area contributed by atoms with E-state index in [1.54, 1.807) is 0 Å². The molecule has 1 unspecified atom stereocenters. The predicted octanol–water partition coefficient (Wildman–Crippen LogP) is 5.36. The first-order valence-electron chi connectivity index (χ1n) is 35.8. The fourth-order valence-corrected chi connectivity index (χ4v) is 9.32. The molecule has 29 nitrogen and oxygen atoms in total. The molecule has 0 aromatic carbocycles. The SMILES string of the molecule is CCCCCCCCCCCCCCOCC(CNC(=O)CC[C@H](NC(=O)CCOCCOCCOCCOCCOCCOCCOCCOCCNC(=O)/C=C/C(=O)N(CC(N)=O)NC(=O)[C@H](C)NC(=O)[C@H](C)NC(=O)O)C(N)=O)OCCCCCCCCCCCCCC. The zero-order chi connectivity index (χ0) is 71.5. The molecule has 0 heterocycles. The molecular weight excluding hydrogens is 1260 g/mol. The zero-order valence-corrected chi connectivity index (χ0v) is 59.4. The third-order valence-corrected chi connectivity index (χ3v) is 15.0. The molecule has 97 heavy (non-hydrogen) atoms. The number of rotatable bonds is 71. The number of carbonyl (C=O) groups excluding carboxylic acids is 8. The molecule has 0 rings (SSSR count). The van der Waals surface area contributed by atoms with Crippen LogP contribution in [0, 0.1) is 0 Å². The third kappa shape index (κ3) is 62.4. The van der Waals surface area contributed by atoms with Crippen LogP contribution in [0.4, 0.5) is 4.79 Å². The molecule has 4 atom stereocenters. The van der Waals surface area contributed by atoms with Crippen LogP contribution in [0.15, 0.2) is 12.2 Å². The Balaban J connectivity index is 4.09. The van der Waals surface area contributed by atoms with Crippen LogP contribution in [0.25, 0.3) is 0 Å². The lowest BCUT2D eigenvalue weighted by Crippen LogP contribution is -2.56. The minimum atomic E-state index is -1.45. The highest BCUT2D eigenvalue weighted by Crippen LogP contribution is 2.14. The number of carboxylic acid groups (broad SMARTS) is 1. The summed E-state index contributed by atoms with van der Waals surface area (Å²) in [4.78, 5) is 110. The number of hydrogen-bond donors (Lipinski definition) is 9. The monoisotopic (exact) mass is 1390 g/mol. The molecule has 0 spiro atoms. The van der Waals surface area contributed by atoms with Crippen molar-refractivity contribution in [1.82, 2.24) is 37.0 Å². The second kappa shape index (κ2) is 67.5. The van der Waals surface area contributed by atoms with Crippen molar-refractivity contribution < 1.29 is 95.6 Å². The first kappa shape index (κ1) is 91.4. The summed E-state index contributed by atoms with van der Waals surface area (Å²) in [5.74, 6) is -5.76. The summed E-state index contributed by atoms with van der Waals surface area (Å²) >= 11 is 0. The van der Waals surface area contributed by atoms with E-state index in [-0.39, 0.29) is 77.4 Å². The van der Waals surface area contributed by atoms with E-state index in [9.17, 15) is 43.2 Å². The Morgan fingerprint density at radius 2 is 0.845 bits per heavy atom. The van der Waals surface area contributed by atoms with Gasteiger partial charge in [-0.05, 0) is 33.1 Å². The van der Waals surface area contributed by atoms with Crippen LogP contribution in [-0.4, -0.2) is 233 Å². The Kier molecular flexibility index (Phi) is 63.6. The maximum Gasteiger partial charge on any atom is 0.405 e. The summed E-state index contributed by atoms with van der Waals surface area (Å²) < 4.78 is 56.2. The number of primary amides is 2. The van der Waals surface area contributed by atoms with Gasteiger partial charge in [0, 0.05) is 51.3 Å². The number of carbonyl (C=O) groups is 9. The molecule has 9 amide bonds. The minimum absolute atomic E-state index is 0.00122. The van der Waals surface area contributed by atoms with Gasteiger partial charge in [0.1, 0.15) is 24.7 Å². The first-order chi connectivity index (χ1) is 47.0. The lowest BCUT2D eigenvalue weighted by atomic mass is 10.1. The highest BCUT2D eigenvalue weighted by Gasteiger charge is 2.25. The number of nitrogens with one attached hydrogen (secondary N) is 6. The van der Waals surface area contributed by atoms with E-state index < -0.39 is 72.1 Å². The molecule has 0 aliphatic heterocycles. The van der Waals surface area contributed by atoms with Crippen LogP contribution < -0.4 is 43.5 Å². The van der Waals surface area contributed by atoms with Gasteiger partial charge in [-0.1, -0.05) is 155 Å². The number of hydrazine groups is 1. The van der Waals surface area contributed by atoms with E-state index in [0.717, 1.165) is 37.8 Å². The van der Waals surface area contributed by atoms with Crippen LogP contribution in [0.2, 0.25) is 0 Å². The molecule has 0 saturated carbocycles. The van der Waals surface area contributed by atoms with E-state index >= 15 is 0 Å². The van der Waals surface area contributed by atoms with Crippen molar-refractivity contribution in [3.05, 3.63) is 12.2 Å². The van der Waals surface area contributed by atoms with Crippen LogP contribution in [0.5, 0.6) is 0 Å². The Morgan fingerprint density at radius 3 is 1.28 bits per heavy atom. The molecule has 0 aromatic heterocycles. The van der Waals surface area contributed by atoms with Gasteiger partial charge in [-0.25, -0.2) is 9.80 Å². The lowest BCUT2D eigenvalue weighted by Gasteiger charge is -2.23.